The number of allylic oxidation sites excluding steroid dienone is 1. The summed E-state index contributed by atoms with van der Waals surface area (Å²) in [7, 11) is 0. The van der Waals surface area contributed by atoms with Crippen molar-refractivity contribution >= 4 is 0 Å². The second kappa shape index (κ2) is 4.89. The normalized spacial score (nSPS) is 12.5. The number of rotatable bonds is 4. The van der Waals surface area contributed by atoms with E-state index in [1.54, 1.807) is 6.08 Å². The first kappa shape index (κ1) is 11.7. The van der Waals surface area contributed by atoms with Gasteiger partial charge in [0.15, 0.2) is 0 Å². The van der Waals surface area contributed by atoms with Crippen LogP contribution in [0.25, 0.3) is 0 Å². The second-order valence-corrected chi connectivity index (χ2v) is 3.29. The zero-order valence-electron chi connectivity index (χ0n) is 8.21. The average molecular weight is 213 g/mol. The van der Waals surface area contributed by atoms with Crippen LogP contribution in [-0.2, 0) is 0 Å². The molecule has 0 aliphatic rings. The molecule has 0 unspecified atom stereocenters. The third-order valence-electron chi connectivity index (χ3n) is 2.13. The highest BCUT2D eigenvalue weighted by molar-refractivity contribution is 5.36. The molecule has 0 bridgehead atoms. The van der Waals surface area contributed by atoms with E-state index in [1.165, 1.54) is 0 Å². The van der Waals surface area contributed by atoms with E-state index in [-0.39, 0.29) is 5.56 Å². The van der Waals surface area contributed by atoms with Crippen LogP contribution in [0, 0.1) is 11.6 Å². The van der Waals surface area contributed by atoms with Crippen LogP contribution in [0.3, 0.4) is 0 Å². The molecule has 0 amide bonds. The fourth-order valence-corrected chi connectivity index (χ4v) is 1.38. The van der Waals surface area contributed by atoms with Crippen LogP contribution in [0.2, 0.25) is 0 Å². The topological polar surface area (TPSA) is 46.2 Å². The lowest BCUT2D eigenvalue weighted by Gasteiger charge is -2.13. The van der Waals surface area contributed by atoms with Crippen molar-refractivity contribution in [3.05, 3.63) is 42.0 Å². The van der Waals surface area contributed by atoms with Crippen molar-refractivity contribution in [2.75, 3.05) is 0 Å². The first-order valence-corrected chi connectivity index (χ1v) is 4.60. The number of nitrogens with two attached hydrogens (primary N) is 1. The van der Waals surface area contributed by atoms with Crippen LogP contribution < -0.4 is 5.73 Å². The molecule has 0 fully saturated rings. The van der Waals surface area contributed by atoms with Crippen molar-refractivity contribution in [2.24, 2.45) is 5.73 Å². The molecule has 82 valence electrons. The average Bonchev–Trinajstić information content (AvgIpc) is 2.12. The van der Waals surface area contributed by atoms with E-state index in [9.17, 15) is 13.9 Å². The van der Waals surface area contributed by atoms with Crippen LogP contribution in [0.1, 0.15) is 24.4 Å². The minimum Gasteiger partial charge on any atom is -0.507 e. The Hall–Kier alpha value is -1.42. The molecule has 2 nitrogen and oxygen atoms in total. The molecule has 0 aliphatic heterocycles. The number of hydrogen-bond donors (Lipinski definition) is 2. The predicted octanol–water partition coefficient (Wildman–Crippen LogP) is 2.64. The van der Waals surface area contributed by atoms with Crippen molar-refractivity contribution < 1.29 is 13.9 Å². The van der Waals surface area contributed by atoms with E-state index in [0.717, 1.165) is 6.07 Å². The molecule has 0 radical (unpaired) electrons. The molecule has 0 aromatic heterocycles. The lowest BCUT2D eigenvalue weighted by Crippen LogP contribution is -2.12. The van der Waals surface area contributed by atoms with Crippen LogP contribution in [0.5, 0.6) is 5.75 Å². The molecular weight excluding hydrogens is 200 g/mol. The highest BCUT2D eigenvalue weighted by atomic mass is 19.1. The molecular formula is C11H13F2NO. The van der Waals surface area contributed by atoms with Gasteiger partial charge in [0.2, 0.25) is 0 Å². The fraction of sp³-hybridized carbons (Fsp3) is 0.273. The number of hydrogen-bond acceptors (Lipinski definition) is 2. The Labute approximate surface area is 87.0 Å². The minimum absolute atomic E-state index is 0.0433. The maximum Gasteiger partial charge on any atom is 0.134 e. The highest BCUT2D eigenvalue weighted by Crippen LogP contribution is 2.29. The maximum absolute atomic E-state index is 13.3. The van der Waals surface area contributed by atoms with Crippen LogP contribution in [0.4, 0.5) is 8.78 Å². The Bertz CT molecular complexity index is 343. The molecule has 1 atom stereocenters. The number of halogens is 2. The molecule has 1 aromatic carbocycles. The lowest BCUT2D eigenvalue weighted by atomic mass is 10.0. The van der Waals surface area contributed by atoms with Gasteiger partial charge in [0.1, 0.15) is 17.4 Å². The molecule has 1 aromatic rings. The Morgan fingerprint density at radius 2 is 2.13 bits per heavy atom. The third-order valence-corrected chi connectivity index (χ3v) is 2.13. The Balaban J connectivity index is 2.97. The molecule has 15 heavy (non-hydrogen) atoms. The number of benzene rings is 1. The van der Waals surface area contributed by atoms with Gasteiger partial charge in [0.25, 0.3) is 0 Å². The number of phenolic OH excluding ortho intramolecular Hbond substituents is 1. The first-order valence-electron chi connectivity index (χ1n) is 4.60. The Kier molecular flexibility index (Phi) is 3.80. The summed E-state index contributed by atoms with van der Waals surface area (Å²) in [6, 6.07) is 0.915. The van der Waals surface area contributed by atoms with Crippen molar-refractivity contribution in [1.29, 1.82) is 0 Å². The van der Waals surface area contributed by atoms with E-state index in [4.69, 9.17) is 5.73 Å². The van der Waals surface area contributed by atoms with Gasteiger partial charge in [0, 0.05) is 23.7 Å². The molecule has 0 saturated heterocycles. The van der Waals surface area contributed by atoms with Gasteiger partial charge < -0.3 is 10.8 Å². The summed E-state index contributed by atoms with van der Waals surface area (Å²) in [5, 5.41) is 9.36. The molecule has 0 spiro atoms. The van der Waals surface area contributed by atoms with Gasteiger partial charge in [-0.1, -0.05) is 6.08 Å². The summed E-state index contributed by atoms with van der Waals surface area (Å²) < 4.78 is 25.9. The minimum atomic E-state index is -0.816. The largest absolute Gasteiger partial charge is 0.507 e. The van der Waals surface area contributed by atoms with E-state index < -0.39 is 23.4 Å². The monoisotopic (exact) mass is 213 g/mol. The van der Waals surface area contributed by atoms with Gasteiger partial charge in [-0.15, -0.1) is 6.58 Å². The van der Waals surface area contributed by atoms with Crippen LogP contribution in [0.15, 0.2) is 24.8 Å². The molecule has 3 N–H and O–H groups in total. The summed E-state index contributed by atoms with van der Waals surface area (Å²) in [6.45, 7) is 3.51. The first-order chi connectivity index (χ1) is 7.06. The summed E-state index contributed by atoms with van der Waals surface area (Å²) in [5.41, 5.74) is 5.62. The summed E-state index contributed by atoms with van der Waals surface area (Å²) in [5.74, 6) is -2.07. The Morgan fingerprint density at radius 3 is 2.67 bits per heavy atom. The second-order valence-electron chi connectivity index (χ2n) is 3.29. The van der Waals surface area contributed by atoms with E-state index >= 15 is 0 Å². The summed E-state index contributed by atoms with van der Waals surface area (Å²) in [4.78, 5) is 0. The molecule has 0 saturated carbocycles. The SMILES string of the molecule is C=CCC[C@@H](N)c1c(O)cc(F)cc1F. The molecule has 1 rings (SSSR count). The van der Waals surface area contributed by atoms with E-state index in [0.29, 0.717) is 18.9 Å². The van der Waals surface area contributed by atoms with Gasteiger partial charge in [-0.25, -0.2) is 8.78 Å². The fourth-order valence-electron chi connectivity index (χ4n) is 1.38. The summed E-state index contributed by atoms with van der Waals surface area (Å²) in [6.07, 6.45) is 2.72. The van der Waals surface area contributed by atoms with Gasteiger partial charge in [-0.05, 0) is 12.8 Å². The smallest absolute Gasteiger partial charge is 0.134 e. The number of phenols is 1. The van der Waals surface area contributed by atoms with Gasteiger partial charge >= 0.3 is 0 Å². The van der Waals surface area contributed by atoms with Gasteiger partial charge in [-0.3, -0.25) is 0 Å². The highest BCUT2D eigenvalue weighted by Gasteiger charge is 2.16. The van der Waals surface area contributed by atoms with Gasteiger partial charge in [0.05, 0.1) is 0 Å². The molecule has 0 heterocycles. The molecule has 4 heteroatoms. The summed E-state index contributed by atoms with van der Waals surface area (Å²) >= 11 is 0. The lowest BCUT2D eigenvalue weighted by molar-refractivity contribution is 0.437. The molecule has 0 aliphatic carbocycles. The van der Waals surface area contributed by atoms with Crippen molar-refractivity contribution in [1.82, 2.24) is 0 Å². The zero-order valence-corrected chi connectivity index (χ0v) is 8.21. The van der Waals surface area contributed by atoms with E-state index in [1.807, 2.05) is 0 Å². The standard InChI is InChI=1S/C11H13F2NO/c1-2-3-4-9(14)11-8(13)5-7(12)6-10(11)15/h2,5-6,9,15H,1,3-4,14H2/t9-/m1/s1. The van der Waals surface area contributed by atoms with Crippen molar-refractivity contribution in [3.8, 4) is 5.75 Å². The quantitative estimate of drug-likeness (QED) is 0.755. The maximum atomic E-state index is 13.3. The van der Waals surface area contributed by atoms with Crippen LogP contribution in [-0.4, -0.2) is 5.11 Å². The Morgan fingerprint density at radius 1 is 1.47 bits per heavy atom. The van der Waals surface area contributed by atoms with Crippen molar-refractivity contribution in [3.63, 3.8) is 0 Å². The van der Waals surface area contributed by atoms with Crippen molar-refractivity contribution in [2.45, 2.75) is 18.9 Å². The third kappa shape index (κ3) is 2.76. The predicted molar refractivity (Wildman–Crippen MR) is 54.4 cm³/mol. The van der Waals surface area contributed by atoms with Gasteiger partial charge in [-0.2, -0.15) is 0 Å². The number of aromatic hydroxyl groups is 1. The zero-order chi connectivity index (χ0) is 11.4. The van der Waals surface area contributed by atoms with E-state index in [2.05, 4.69) is 6.58 Å². The van der Waals surface area contributed by atoms with Crippen LogP contribution >= 0.6 is 0 Å².